The first-order valence-electron chi connectivity index (χ1n) is 8.50. The lowest BCUT2D eigenvalue weighted by atomic mass is 9.95. The lowest BCUT2D eigenvalue weighted by molar-refractivity contribution is 0.0928. The summed E-state index contributed by atoms with van der Waals surface area (Å²) >= 11 is 0. The van der Waals surface area contributed by atoms with Crippen LogP contribution in [-0.4, -0.2) is 27.1 Å². The van der Waals surface area contributed by atoms with Gasteiger partial charge in [0.2, 0.25) is 0 Å². The van der Waals surface area contributed by atoms with Gasteiger partial charge >= 0.3 is 0 Å². The van der Waals surface area contributed by atoms with Gasteiger partial charge in [0.25, 0.3) is 5.91 Å². The molecule has 0 atom stereocenters. The van der Waals surface area contributed by atoms with E-state index in [4.69, 9.17) is 0 Å². The summed E-state index contributed by atoms with van der Waals surface area (Å²) in [6.07, 6.45) is 9.35. The average molecular weight is 320 g/mol. The zero-order valence-electron chi connectivity index (χ0n) is 13.5. The number of amides is 1. The number of carbonyl (C=O) groups is 1. The molecule has 0 saturated heterocycles. The average Bonchev–Trinajstić information content (AvgIpc) is 3.06. The third-order valence-corrected chi connectivity index (χ3v) is 4.72. The molecule has 2 aromatic heterocycles. The summed E-state index contributed by atoms with van der Waals surface area (Å²) in [7, 11) is 0. The SMILES string of the molecule is O=C(NC1CCCCC1)c1ccc2[nH]nc(-c3ccncc3)c2c1. The van der Waals surface area contributed by atoms with Crippen molar-refractivity contribution in [1.82, 2.24) is 20.5 Å². The van der Waals surface area contributed by atoms with Gasteiger partial charge in [0.1, 0.15) is 5.69 Å². The van der Waals surface area contributed by atoms with E-state index in [9.17, 15) is 4.79 Å². The largest absolute Gasteiger partial charge is 0.349 e. The van der Waals surface area contributed by atoms with Gasteiger partial charge in [0.05, 0.1) is 5.52 Å². The summed E-state index contributed by atoms with van der Waals surface area (Å²) in [5.41, 5.74) is 3.45. The number of hydrogen-bond acceptors (Lipinski definition) is 3. The maximum Gasteiger partial charge on any atom is 0.251 e. The molecule has 1 amide bonds. The van der Waals surface area contributed by atoms with Gasteiger partial charge in [-0.05, 0) is 43.2 Å². The molecule has 4 rings (SSSR count). The molecule has 3 aromatic rings. The van der Waals surface area contributed by atoms with Crippen LogP contribution >= 0.6 is 0 Å². The molecule has 1 aliphatic carbocycles. The molecule has 0 bridgehead atoms. The first kappa shape index (κ1) is 14.9. The highest BCUT2D eigenvalue weighted by Gasteiger charge is 2.17. The third-order valence-electron chi connectivity index (χ3n) is 4.72. The van der Waals surface area contributed by atoms with Crippen LogP contribution in [-0.2, 0) is 0 Å². The lowest BCUT2D eigenvalue weighted by Gasteiger charge is -2.22. The number of aromatic amines is 1. The molecule has 0 unspecified atom stereocenters. The van der Waals surface area contributed by atoms with Crippen molar-refractivity contribution in [2.75, 3.05) is 0 Å². The number of carbonyl (C=O) groups excluding carboxylic acids is 1. The van der Waals surface area contributed by atoms with E-state index in [2.05, 4.69) is 20.5 Å². The molecular weight excluding hydrogens is 300 g/mol. The normalized spacial score (nSPS) is 15.5. The summed E-state index contributed by atoms with van der Waals surface area (Å²) < 4.78 is 0. The van der Waals surface area contributed by atoms with E-state index in [-0.39, 0.29) is 5.91 Å². The van der Waals surface area contributed by atoms with Gasteiger partial charge in [0, 0.05) is 34.9 Å². The molecule has 24 heavy (non-hydrogen) atoms. The Labute approximate surface area is 140 Å². The predicted octanol–water partition coefficient (Wildman–Crippen LogP) is 3.69. The molecule has 0 spiro atoms. The Bertz CT molecular complexity index is 850. The van der Waals surface area contributed by atoms with Crippen LogP contribution in [0.2, 0.25) is 0 Å². The van der Waals surface area contributed by atoms with E-state index >= 15 is 0 Å². The second kappa shape index (κ2) is 6.43. The zero-order valence-corrected chi connectivity index (χ0v) is 13.5. The van der Waals surface area contributed by atoms with Gasteiger partial charge < -0.3 is 5.32 Å². The van der Waals surface area contributed by atoms with E-state index < -0.39 is 0 Å². The molecule has 122 valence electrons. The number of benzene rings is 1. The lowest BCUT2D eigenvalue weighted by Crippen LogP contribution is -2.36. The molecule has 0 radical (unpaired) electrons. The van der Waals surface area contributed by atoms with Crippen molar-refractivity contribution in [3.05, 3.63) is 48.3 Å². The fraction of sp³-hybridized carbons (Fsp3) is 0.316. The van der Waals surface area contributed by atoms with Crippen molar-refractivity contribution in [3.8, 4) is 11.3 Å². The Morgan fingerprint density at radius 1 is 1.08 bits per heavy atom. The number of nitrogens with one attached hydrogen (secondary N) is 2. The highest BCUT2D eigenvalue weighted by molar-refractivity contribution is 6.01. The van der Waals surface area contributed by atoms with Gasteiger partial charge in [-0.15, -0.1) is 0 Å². The predicted molar refractivity (Wildman–Crippen MR) is 93.7 cm³/mol. The second-order valence-electron chi connectivity index (χ2n) is 6.38. The molecular formula is C19H20N4O. The van der Waals surface area contributed by atoms with Crippen molar-refractivity contribution in [3.63, 3.8) is 0 Å². The summed E-state index contributed by atoms with van der Waals surface area (Å²) in [6.45, 7) is 0. The molecule has 5 nitrogen and oxygen atoms in total. The van der Waals surface area contributed by atoms with E-state index in [1.165, 1.54) is 19.3 Å². The van der Waals surface area contributed by atoms with Crippen LogP contribution < -0.4 is 5.32 Å². The fourth-order valence-corrected chi connectivity index (χ4v) is 3.40. The molecule has 1 fully saturated rings. The van der Waals surface area contributed by atoms with Gasteiger partial charge in [-0.2, -0.15) is 5.10 Å². The first-order valence-corrected chi connectivity index (χ1v) is 8.50. The molecule has 1 saturated carbocycles. The van der Waals surface area contributed by atoms with E-state index in [1.54, 1.807) is 12.4 Å². The van der Waals surface area contributed by atoms with Crippen LogP contribution in [0.25, 0.3) is 22.2 Å². The van der Waals surface area contributed by atoms with Crippen molar-refractivity contribution in [1.29, 1.82) is 0 Å². The zero-order chi connectivity index (χ0) is 16.4. The van der Waals surface area contributed by atoms with Crippen LogP contribution in [0.5, 0.6) is 0 Å². The Morgan fingerprint density at radius 3 is 2.67 bits per heavy atom. The molecule has 1 aliphatic rings. The second-order valence-corrected chi connectivity index (χ2v) is 6.38. The Hall–Kier alpha value is -2.69. The Balaban J connectivity index is 1.63. The van der Waals surface area contributed by atoms with Gasteiger partial charge in [0.15, 0.2) is 0 Å². The van der Waals surface area contributed by atoms with Crippen LogP contribution in [0.3, 0.4) is 0 Å². The topological polar surface area (TPSA) is 70.7 Å². The first-order chi connectivity index (χ1) is 11.8. The monoisotopic (exact) mass is 320 g/mol. The third kappa shape index (κ3) is 2.89. The molecule has 0 aliphatic heterocycles. The summed E-state index contributed by atoms with van der Waals surface area (Å²) in [6, 6.07) is 9.85. The summed E-state index contributed by atoms with van der Waals surface area (Å²) in [5, 5.41) is 11.6. The molecule has 1 aromatic carbocycles. The smallest absolute Gasteiger partial charge is 0.251 e. The van der Waals surface area contributed by atoms with Crippen LogP contribution in [0.15, 0.2) is 42.7 Å². The van der Waals surface area contributed by atoms with Gasteiger partial charge in [-0.25, -0.2) is 0 Å². The van der Waals surface area contributed by atoms with Crippen molar-refractivity contribution >= 4 is 16.8 Å². The maximum absolute atomic E-state index is 12.6. The van der Waals surface area contributed by atoms with E-state index in [1.807, 2.05) is 30.3 Å². The number of hydrogen-bond donors (Lipinski definition) is 2. The van der Waals surface area contributed by atoms with Crippen molar-refractivity contribution in [2.24, 2.45) is 0 Å². The number of nitrogens with zero attached hydrogens (tertiary/aromatic N) is 2. The Morgan fingerprint density at radius 2 is 1.88 bits per heavy atom. The minimum absolute atomic E-state index is 0.00526. The minimum atomic E-state index is 0.00526. The maximum atomic E-state index is 12.6. The quantitative estimate of drug-likeness (QED) is 0.773. The standard InChI is InChI=1S/C19H20N4O/c24-19(21-15-4-2-1-3-5-15)14-6-7-17-16(12-14)18(23-22-17)13-8-10-20-11-9-13/h6-12,15H,1-5H2,(H,21,24)(H,22,23). The highest BCUT2D eigenvalue weighted by atomic mass is 16.1. The van der Waals surface area contributed by atoms with E-state index in [0.717, 1.165) is 35.0 Å². The number of H-pyrrole nitrogens is 1. The number of fused-ring (bicyclic) bond motifs is 1. The summed E-state index contributed by atoms with van der Waals surface area (Å²) in [5.74, 6) is 0.00526. The van der Waals surface area contributed by atoms with Gasteiger partial charge in [-0.1, -0.05) is 19.3 Å². The molecule has 2 N–H and O–H groups in total. The van der Waals surface area contributed by atoms with Crippen LogP contribution in [0, 0.1) is 0 Å². The number of pyridine rings is 1. The minimum Gasteiger partial charge on any atom is -0.349 e. The molecule has 5 heteroatoms. The Kier molecular flexibility index (Phi) is 3.99. The van der Waals surface area contributed by atoms with Crippen molar-refractivity contribution < 1.29 is 4.79 Å². The number of aromatic nitrogens is 3. The molecule has 2 heterocycles. The summed E-state index contributed by atoms with van der Waals surface area (Å²) in [4.78, 5) is 16.6. The van der Waals surface area contributed by atoms with Crippen molar-refractivity contribution in [2.45, 2.75) is 38.1 Å². The highest BCUT2D eigenvalue weighted by Crippen LogP contribution is 2.27. The van der Waals surface area contributed by atoms with Gasteiger partial charge in [-0.3, -0.25) is 14.9 Å². The van der Waals surface area contributed by atoms with E-state index in [0.29, 0.717) is 11.6 Å². The van der Waals surface area contributed by atoms with Crippen LogP contribution in [0.4, 0.5) is 0 Å². The number of rotatable bonds is 3. The van der Waals surface area contributed by atoms with Crippen LogP contribution in [0.1, 0.15) is 42.5 Å². The fourth-order valence-electron chi connectivity index (χ4n) is 3.40.